The molecule has 0 aromatic heterocycles. The molecule has 2 nitrogen and oxygen atoms in total. The van der Waals surface area contributed by atoms with Crippen LogP contribution in [-0.2, 0) is 4.79 Å². The number of carboxylic acids is 1. The van der Waals surface area contributed by atoms with E-state index in [0.717, 1.165) is 11.1 Å². The average Bonchev–Trinajstić information content (AvgIpc) is 2.46. The van der Waals surface area contributed by atoms with E-state index < -0.39 is 5.97 Å². The maximum Gasteiger partial charge on any atom is 0.336 e. The van der Waals surface area contributed by atoms with Crippen LogP contribution in [-0.4, -0.2) is 11.1 Å². The molecule has 2 heteroatoms. The SMILES string of the molecule is C=Cc1ccc(C(=Cc2ccccc2)C(=O)O)cc1. The molecule has 0 radical (unpaired) electrons. The molecule has 0 unspecified atom stereocenters. The number of aliphatic carboxylic acids is 1. The molecular formula is C17H14O2. The van der Waals surface area contributed by atoms with E-state index in [1.54, 1.807) is 24.3 Å². The summed E-state index contributed by atoms with van der Waals surface area (Å²) in [6.07, 6.45) is 3.40. The van der Waals surface area contributed by atoms with E-state index in [4.69, 9.17) is 0 Å². The molecule has 0 saturated heterocycles. The molecule has 0 aliphatic heterocycles. The van der Waals surface area contributed by atoms with Crippen LogP contribution < -0.4 is 0 Å². The summed E-state index contributed by atoms with van der Waals surface area (Å²) < 4.78 is 0. The van der Waals surface area contributed by atoms with E-state index in [1.165, 1.54) is 0 Å². The van der Waals surface area contributed by atoms with E-state index in [0.29, 0.717) is 5.56 Å². The molecule has 1 N–H and O–H groups in total. The zero-order valence-electron chi connectivity index (χ0n) is 10.4. The third kappa shape index (κ3) is 3.19. The predicted molar refractivity (Wildman–Crippen MR) is 78.5 cm³/mol. The maximum atomic E-state index is 11.4. The molecule has 0 heterocycles. The van der Waals surface area contributed by atoms with Crippen molar-refractivity contribution in [2.75, 3.05) is 0 Å². The number of hydrogen-bond donors (Lipinski definition) is 1. The standard InChI is InChI=1S/C17H14O2/c1-2-13-8-10-15(11-9-13)16(17(18)19)12-14-6-4-3-5-7-14/h2-12H,1H2,(H,18,19). The highest BCUT2D eigenvalue weighted by atomic mass is 16.4. The summed E-state index contributed by atoms with van der Waals surface area (Å²) in [5.74, 6) is -0.935. The second kappa shape index (κ2) is 5.83. The zero-order valence-corrected chi connectivity index (χ0v) is 10.4. The first-order valence-electron chi connectivity index (χ1n) is 5.93. The minimum Gasteiger partial charge on any atom is -0.478 e. The molecule has 0 amide bonds. The van der Waals surface area contributed by atoms with Gasteiger partial charge in [-0.1, -0.05) is 67.3 Å². The quantitative estimate of drug-likeness (QED) is 0.659. The first kappa shape index (κ1) is 12.8. The van der Waals surface area contributed by atoms with Crippen molar-refractivity contribution in [3.63, 3.8) is 0 Å². The fourth-order valence-corrected chi connectivity index (χ4v) is 1.78. The van der Waals surface area contributed by atoms with Gasteiger partial charge in [-0.05, 0) is 22.8 Å². The zero-order chi connectivity index (χ0) is 13.7. The first-order chi connectivity index (χ1) is 9.20. The Hall–Kier alpha value is -2.61. The van der Waals surface area contributed by atoms with Gasteiger partial charge in [0.2, 0.25) is 0 Å². The summed E-state index contributed by atoms with van der Waals surface area (Å²) in [7, 11) is 0. The molecule has 2 rings (SSSR count). The van der Waals surface area contributed by atoms with Crippen LogP contribution in [0.4, 0.5) is 0 Å². The van der Waals surface area contributed by atoms with E-state index in [-0.39, 0.29) is 5.57 Å². The van der Waals surface area contributed by atoms with E-state index in [2.05, 4.69) is 6.58 Å². The van der Waals surface area contributed by atoms with Gasteiger partial charge in [0.25, 0.3) is 0 Å². The van der Waals surface area contributed by atoms with Crippen LogP contribution >= 0.6 is 0 Å². The highest BCUT2D eigenvalue weighted by Crippen LogP contribution is 2.19. The Balaban J connectivity index is 2.42. The summed E-state index contributed by atoms with van der Waals surface area (Å²) in [5, 5.41) is 9.33. The van der Waals surface area contributed by atoms with Gasteiger partial charge in [-0.25, -0.2) is 4.79 Å². The highest BCUT2D eigenvalue weighted by Gasteiger charge is 2.09. The Morgan fingerprint density at radius 3 is 2.11 bits per heavy atom. The van der Waals surface area contributed by atoms with Crippen LogP contribution in [0.1, 0.15) is 16.7 Å². The molecule has 0 fully saturated rings. The molecule has 0 aliphatic rings. The van der Waals surface area contributed by atoms with Crippen LogP contribution in [0.3, 0.4) is 0 Å². The number of carbonyl (C=O) groups is 1. The summed E-state index contributed by atoms with van der Waals surface area (Å²) in [6.45, 7) is 3.68. The van der Waals surface area contributed by atoms with Crippen molar-refractivity contribution in [1.82, 2.24) is 0 Å². The van der Waals surface area contributed by atoms with Gasteiger partial charge in [-0.15, -0.1) is 0 Å². The summed E-state index contributed by atoms with van der Waals surface area (Å²) in [4.78, 5) is 11.4. The van der Waals surface area contributed by atoms with Gasteiger partial charge in [-0.2, -0.15) is 0 Å². The van der Waals surface area contributed by atoms with E-state index in [9.17, 15) is 9.90 Å². The minimum absolute atomic E-state index is 0.279. The van der Waals surface area contributed by atoms with Crippen molar-refractivity contribution in [2.24, 2.45) is 0 Å². The molecule has 0 bridgehead atoms. The Kier molecular flexibility index (Phi) is 3.94. The molecular weight excluding hydrogens is 236 g/mol. The van der Waals surface area contributed by atoms with Crippen molar-refractivity contribution in [3.05, 3.63) is 77.9 Å². The summed E-state index contributed by atoms with van der Waals surface area (Å²) >= 11 is 0. The lowest BCUT2D eigenvalue weighted by Crippen LogP contribution is -1.99. The Bertz CT molecular complexity index is 607. The molecule has 0 aliphatic carbocycles. The van der Waals surface area contributed by atoms with Crippen LogP contribution in [0.5, 0.6) is 0 Å². The molecule has 2 aromatic rings. The van der Waals surface area contributed by atoms with Gasteiger partial charge >= 0.3 is 5.97 Å². The van der Waals surface area contributed by atoms with Crippen LogP contribution in [0.2, 0.25) is 0 Å². The summed E-state index contributed by atoms with van der Waals surface area (Å²) in [5.41, 5.74) is 2.80. The van der Waals surface area contributed by atoms with Gasteiger partial charge in [0, 0.05) is 0 Å². The molecule has 2 aromatic carbocycles. The molecule has 0 spiro atoms. The Labute approximate surface area is 112 Å². The van der Waals surface area contributed by atoms with Crippen molar-refractivity contribution < 1.29 is 9.90 Å². The summed E-state index contributed by atoms with van der Waals surface area (Å²) in [6, 6.07) is 16.7. The van der Waals surface area contributed by atoms with Crippen molar-refractivity contribution in [1.29, 1.82) is 0 Å². The third-order valence-electron chi connectivity index (χ3n) is 2.80. The lowest BCUT2D eigenvalue weighted by molar-refractivity contribution is -0.130. The maximum absolute atomic E-state index is 11.4. The van der Waals surface area contributed by atoms with Crippen molar-refractivity contribution in [3.8, 4) is 0 Å². The van der Waals surface area contributed by atoms with E-state index >= 15 is 0 Å². The van der Waals surface area contributed by atoms with E-state index in [1.807, 2.05) is 42.5 Å². The largest absolute Gasteiger partial charge is 0.478 e. The predicted octanol–water partition coefficient (Wildman–Crippen LogP) is 3.95. The van der Waals surface area contributed by atoms with Gasteiger partial charge in [0.05, 0.1) is 5.57 Å². The minimum atomic E-state index is -0.935. The highest BCUT2D eigenvalue weighted by molar-refractivity contribution is 6.20. The van der Waals surface area contributed by atoms with Crippen LogP contribution in [0.15, 0.2) is 61.2 Å². The normalized spacial score (nSPS) is 11.1. The smallest absolute Gasteiger partial charge is 0.336 e. The van der Waals surface area contributed by atoms with Crippen molar-refractivity contribution >= 4 is 23.7 Å². The van der Waals surface area contributed by atoms with Gasteiger partial charge in [0.15, 0.2) is 0 Å². The topological polar surface area (TPSA) is 37.3 Å². The fourth-order valence-electron chi connectivity index (χ4n) is 1.78. The Morgan fingerprint density at radius 2 is 1.58 bits per heavy atom. The second-order valence-corrected chi connectivity index (χ2v) is 4.10. The molecule has 94 valence electrons. The second-order valence-electron chi connectivity index (χ2n) is 4.10. The first-order valence-corrected chi connectivity index (χ1v) is 5.93. The number of hydrogen-bond acceptors (Lipinski definition) is 1. The number of benzene rings is 2. The number of rotatable bonds is 4. The molecule has 0 atom stereocenters. The van der Waals surface area contributed by atoms with Gasteiger partial charge < -0.3 is 5.11 Å². The monoisotopic (exact) mass is 250 g/mol. The third-order valence-corrected chi connectivity index (χ3v) is 2.80. The van der Waals surface area contributed by atoms with Crippen LogP contribution in [0, 0.1) is 0 Å². The van der Waals surface area contributed by atoms with Gasteiger partial charge in [0.1, 0.15) is 0 Å². The number of carboxylic acid groups (broad SMARTS) is 1. The average molecular weight is 250 g/mol. The fraction of sp³-hybridized carbons (Fsp3) is 0. The van der Waals surface area contributed by atoms with Gasteiger partial charge in [-0.3, -0.25) is 0 Å². The lowest BCUT2D eigenvalue weighted by atomic mass is 10.0. The molecule has 0 saturated carbocycles. The molecule has 19 heavy (non-hydrogen) atoms. The van der Waals surface area contributed by atoms with Crippen LogP contribution in [0.25, 0.3) is 17.7 Å². The lowest BCUT2D eigenvalue weighted by Gasteiger charge is -2.04. The van der Waals surface area contributed by atoms with Crippen molar-refractivity contribution in [2.45, 2.75) is 0 Å². The Morgan fingerprint density at radius 1 is 0.947 bits per heavy atom.